The minimum Gasteiger partial charge on any atom is -0.455 e. The van der Waals surface area contributed by atoms with Crippen molar-refractivity contribution in [1.29, 1.82) is 0 Å². The van der Waals surface area contributed by atoms with Gasteiger partial charge in [-0.25, -0.2) is 4.99 Å². The molecule has 216 valence electrons. The molecule has 1 aromatic heterocycles. The van der Waals surface area contributed by atoms with Crippen molar-refractivity contribution in [2.24, 2.45) is 9.98 Å². The number of fused-ring (bicyclic) bond motifs is 6. The van der Waals surface area contributed by atoms with Crippen LogP contribution in [0.2, 0.25) is 0 Å². The van der Waals surface area contributed by atoms with Gasteiger partial charge in [0.15, 0.2) is 5.84 Å². The molecule has 3 heteroatoms. The Kier molecular flexibility index (Phi) is 6.92. The third-order valence-corrected chi connectivity index (χ3v) is 8.76. The number of amidine groups is 1. The van der Waals surface area contributed by atoms with E-state index in [0.717, 1.165) is 68.6 Å². The third kappa shape index (κ3) is 4.97. The normalized spacial score (nSPS) is 14.1. The topological polar surface area (TPSA) is 37.9 Å². The van der Waals surface area contributed by atoms with E-state index >= 15 is 0 Å². The van der Waals surface area contributed by atoms with E-state index in [4.69, 9.17) is 14.4 Å². The first-order chi connectivity index (χ1) is 22.2. The van der Waals surface area contributed by atoms with E-state index in [1.807, 2.05) is 24.3 Å². The molecule has 1 aliphatic carbocycles. The van der Waals surface area contributed by atoms with Crippen LogP contribution in [0.15, 0.2) is 160 Å². The average molecular weight is 581 g/mol. The van der Waals surface area contributed by atoms with Gasteiger partial charge in [0.1, 0.15) is 11.2 Å². The second-order valence-electron chi connectivity index (χ2n) is 11.6. The number of furan rings is 1. The van der Waals surface area contributed by atoms with Gasteiger partial charge in [-0.3, -0.25) is 4.99 Å². The van der Waals surface area contributed by atoms with Gasteiger partial charge in [-0.2, -0.15) is 0 Å². The molecule has 7 aromatic rings. The van der Waals surface area contributed by atoms with Crippen LogP contribution in [0.25, 0.3) is 54.6 Å². The fraction of sp³-hybridized carbons (Fsp3) is 0.0952. The zero-order chi connectivity index (χ0) is 30.2. The van der Waals surface area contributed by atoms with Crippen LogP contribution in [0.3, 0.4) is 0 Å². The molecule has 0 unspecified atom stereocenters. The lowest BCUT2D eigenvalue weighted by atomic mass is 9.91. The van der Waals surface area contributed by atoms with Gasteiger partial charge in [0.05, 0.1) is 6.54 Å². The van der Waals surface area contributed by atoms with E-state index in [-0.39, 0.29) is 0 Å². The molecule has 0 fully saturated rings. The van der Waals surface area contributed by atoms with Crippen molar-refractivity contribution in [1.82, 2.24) is 0 Å². The minimum atomic E-state index is 0.607. The van der Waals surface area contributed by atoms with Gasteiger partial charge in [-0.15, -0.1) is 0 Å². The molecular weight excluding hydrogens is 548 g/mol. The van der Waals surface area contributed by atoms with Crippen molar-refractivity contribution >= 4 is 55.0 Å². The van der Waals surface area contributed by atoms with E-state index in [0.29, 0.717) is 6.54 Å². The molecule has 8 rings (SSSR count). The van der Waals surface area contributed by atoms with Crippen LogP contribution in [0.4, 0.5) is 0 Å². The summed E-state index contributed by atoms with van der Waals surface area (Å²) in [7, 11) is 0. The molecule has 45 heavy (non-hydrogen) atoms. The van der Waals surface area contributed by atoms with E-state index in [9.17, 15) is 0 Å². The maximum absolute atomic E-state index is 6.71. The molecule has 1 aliphatic rings. The minimum absolute atomic E-state index is 0.607. The van der Waals surface area contributed by atoms with Gasteiger partial charge >= 0.3 is 0 Å². The Balaban J connectivity index is 1.34. The van der Waals surface area contributed by atoms with Crippen molar-refractivity contribution in [3.63, 3.8) is 0 Å². The molecule has 0 aliphatic heterocycles. The summed E-state index contributed by atoms with van der Waals surface area (Å²) in [6, 6.07) is 42.6. The van der Waals surface area contributed by atoms with E-state index in [1.165, 1.54) is 27.1 Å². The maximum atomic E-state index is 6.71. The molecule has 0 N–H and O–H groups in total. The SMILES string of the molecule is C/C(=N\C(=N/CC1=CCCC=C1)c1ccccc1)c1ccc(-c2cc3ccccc3c3ccccc23)c2oc3ccccc3c12. The summed E-state index contributed by atoms with van der Waals surface area (Å²) < 4.78 is 6.71. The summed E-state index contributed by atoms with van der Waals surface area (Å²) in [5.41, 5.74) is 8.16. The van der Waals surface area contributed by atoms with Crippen LogP contribution < -0.4 is 0 Å². The van der Waals surface area contributed by atoms with Crippen molar-refractivity contribution in [2.75, 3.05) is 6.54 Å². The molecule has 0 radical (unpaired) electrons. The molecule has 6 aromatic carbocycles. The van der Waals surface area contributed by atoms with Crippen LogP contribution in [0.1, 0.15) is 30.9 Å². The molecule has 0 saturated heterocycles. The number of allylic oxidation sites excluding steroid dienone is 2. The zero-order valence-corrected chi connectivity index (χ0v) is 25.2. The summed E-state index contributed by atoms with van der Waals surface area (Å²) in [6.45, 7) is 2.69. The zero-order valence-electron chi connectivity index (χ0n) is 25.2. The fourth-order valence-corrected chi connectivity index (χ4v) is 6.57. The second kappa shape index (κ2) is 11.5. The Morgan fingerprint density at radius 3 is 2.24 bits per heavy atom. The largest absolute Gasteiger partial charge is 0.455 e. The predicted octanol–water partition coefficient (Wildman–Crippen LogP) is 11.1. The summed E-state index contributed by atoms with van der Waals surface area (Å²) in [4.78, 5) is 10.2. The van der Waals surface area contributed by atoms with E-state index in [1.54, 1.807) is 0 Å². The van der Waals surface area contributed by atoms with Crippen molar-refractivity contribution in [3.05, 3.63) is 156 Å². The number of nitrogens with zero attached hydrogens (tertiary/aromatic N) is 2. The highest BCUT2D eigenvalue weighted by atomic mass is 16.3. The molecule has 0 amide bonds. The molecule has 0 atom stereocenters. The van der Waals surface area contributed by atoms with Gasteiger partial charge in [0.2, 0.25) is 0 Å². The number of rotatable bonds is 5. The van der Waals surface area contributed by atoms with Gasteiger partial charge < -0.3 is 4.42 Å². The molecule has 3 nitrogen and oxygen atoms in total. The van der Waals surface area contributed by atoms with Gasteiger partial charge in [-0.1, -0.05) is 121 Å². The predicted molar refractivity (Wildman–Crippen MR) is 191 cm³/mol. The van der Waals surface area contributed by atoms with Crippen LogP contribution >= 0.6 is 0 Å². The van der Waals surface area contributed by atoms with Crippen molar-refractivity contribution < 1.29 is 4.42 Å². The lowest BCUT2D eigenvalue weighted by Gasteiger charge is -2.13. The highest BCUT2D eigenvalue weighted by molar-refractivity contribution is 6.24. The monoisotopic (exact) mass is 580 g/mol. The van der Waals surface area contributed by atoms with Gasteiger partial charge in [0.25, 0.3) is 0 Å². The Morgan fingerprint density at radius 2 is 1.42 bits per heavy atom. The molecule has 0 spiro atoms. The number of para-hydroxylation sites is 1. The van der Waals surface area contributed by atoms with Crippen LogP contribution in [-0.4, -0.2) is 18.1 Å². The highest BCUT2D eigenvalue weighted by Gasteiger charge is 2.20. The summed E-state index contributed by atoms with van der Waals surface area (Å²) in [6.07, 6.45) is 8.84. The Hall–Kier alpha value is -5.54. The summed E-state index contributed by atoms with van der Waals surface area (Å²) in [5.74, 6) is 0.735. The fourth-order valence-electron chi connectivity index (χ4n) is 6.57. The smallest absolute Gasteiger partial charge is 0.155 e. The van der Waals surface area contributed by atoms with E-state index < -0.39 is 0 Å². The second-order valence-corrected chi connectivity index (χ2v) is 11.6. The summed E-state index contributed by atoms with van der Waals surface area (Å²) >= 11 is 0. The maximum Gasteiger partial charge on any atom is 0.155 e. The summed E-state index contributed by atoms with van der Waals surface area (Å²) in [5, 5.41) is 7.07. The number of hydrogen-bond acceptors (Lipinski definition) is 2. The third-order valence-electron chi connectivity index (χ3n) is 8.76. The van der Waals surface area contributed by atoms with E-state index in [2.05, 4.69) is 122 Å². The lowest BCUT2D eigenvalue weighted by Crippen LogP contribution is -2.06. The first-order valence-electron chi connectivity index (χ1n) is 15.6. The van der Waals surface area contributed by atoms with Crippen LogP contribution in [0.5, 0.6) is 0 Å². The van der Waals surface area contributed by atoms with Gasteiger partial charge in [-0.05, 0) is 70.6 Å². The van der Waals surface area contributed by atoms with Crippen molar-refractivity contribution in [3.8, 4) is 11.1 Å². The standard InChI is InChI=1S/C42H32N2O/c1-28(44-42(30-16-6-3-7-17-30)43-27-29-14-4-2-5-15-29)32-24-25-36(41-40(32)37-22-12-13-23-39(37)45-41)38-26-31-18-8-9-19-33(31)34-20-10-11-21-35(34)38/h3-4,6-26H,2,5,27H2,1H3/b43-42-,44-28+. The number of hydrogen-bond donors (Lipinski definition) is 0. The average Bonchev–Trinajstić information content (AvgIpc) is 3.50. The Morgan fingerprint density at radius 1 is 0.689 bits per heavy atom. The molecule has 1 heterocycles. The first-order valence-corrected chi connectivity index (χ1v) is 15.6. The highest BCUT2D eigenvalue weighted by Crippen LogP contribution is 2.42. The van der Waals surface area contributed by atoms with Crippen LogP contribution in [-0.2, 0) is 0 Å². The quantitative estimate of drug-likeness (QED) is 0.113. The first kappa shape index (κ1) is 27.0. The molecular formula is C42H32N2O. The Bertz CT molecular complexity index is 2350. The molecule has 0 saturated carbocycles. The lowest BCUT2D eigenvalue weighted by molar-refractivity contribution is 0.670. The van der Waals surface area contributed by atoms with Crippen molar-refractivity contribution in [2.45, 2.75) is 19.8 Å². The van der Waals surface area contributed by atoms with Gasteiger partial charge in [0, 0.05) is 33.2 Å². The number of benzene rings is 6. The Labute approximate surface area is 262 Å². The molecule has 0 bridgehead atoms. The van der Waals surface area contributed by atoms with Crippen LogP contribution in [0, 0.1) is 0 Å². The number of aliphatic imine (C=N–C) groups is 2.